The van der Waals surface area contributed by atoms with Gasteiger partial charge in [-0.1, -0.05) is 42.0 Å². The molecule has 2 aromatic carbocycles. The van der Waals surface area contributed by atoms with E-state index < -0.39 is 0 Å². The Morgan fingerprint density at radius 2 is 1.67 bits per heavy atom. The number of nitrogens with one attached hydrogen (secondary N) is 1. The Hall–Kier alpha value is -1.96. The zero-order valence-electron chi connectivity index (χ0n) is 11.1. The van der Waals surface area contributed by atoms with Crippen LogP contribution in [0.5, 0.6) is 5.75 Å². The zero-order valence-corrected chi connectivity index (χ0v) is 11.1. The van der Waals surface area contributed by atoms with Gasteiger partial charge in [-0.3, -0.25) is 0 Å². The first-order valence-electron chi connectivity index (χ1n) is 6.17. The van der Waals surface area contributed by atoms with Crippen LogP contribution in [0.4, 0.5) is 5.69 Å². The molecular formula is C16H19NO. The Morgan fingerprint density at radius 3 is 2.33 bits per heavy atom. The molecule has 2 nitrogen and oxygen atoms in total. The Labute approximate surface area is 109 Å². The minimum absolute atomic E-state index is 0.252. The quantitative estimate of drug-likeness (QED) is 0.867. The number of benzene rings is 2. The number of para-hydroxylation sites is 2. The lowest BCUT2D eigenvalue weighted by Gasteiger charge is -2.18. The molecule has 2 heteroatoms. The molecule has 2 rings (SSSR count). The van der Waals surface area contributed by atoms with Crippen LogP contribution in [0.15, 0.2) is 48.5 Å². The maximum atomic E-state index is 5.34. The van der Waals surface area contributed by atoms with Crippen molar-refractivity contribution in [3.63, 3.8) is 0 Å². The molecular weight excluding hydrogens is 222 g/mol. The standard InChI is InChI=1S/C16H19NO/c1-12-8-10-14(11-9-12)13(2)17-15-6-4-5-7-16(15)18-3/h4-11,13,17H,1-3H3. The number of hydrogen-bond donors (Lipinski definition) is 1. The van der Waals surface area contributed by atoms with Crippen LogP contribution in [-0.4, -0.2) is 7.11 Å². The van der Waals surface area contributed by atoms with Crippen molar-refractivity contribution in [2.45, 2.75) is 19.9 Å². The lowest BCUT2D eigenvalue weighted by atomic mass is 10.1. The molecule has 0 aliphatic rings. The molecule has 1 unspecified atom stereocenters. The van der Waals surface area contributed by atoms with E-state index in [1.807, 2.05) is 24.3 Å². The average Bonchev–Trinajstić information content (AvgIpc) is 2.40. The van der Waals surface area contributed by atoms with Gasteiger partial charge in [0.1, 0.15) is 5.75 Å². The van der Waals surface area contributed by atoms with E-state index in [1.165, 1.54) is 11.1 Å². The molecule has 0 aromatic heterocycles. The second-order valence-corrected chi connectivity index (χ2v) is 4.48. The van der Waals surface area contributed by atoms with Gasteiger partial charge in [0.15, 0.2) is 0 Å². The van der Waals surface area contributed by atoms with Gasteiger partial charge in [-0.15, -0.1) is 0 Å². The topological polar surface area (TPSA) is 21.3 Å². The Morgan fingerprint density at radius 1 is 1.00 bits per heavy atom. The summed E-state index contributed by atoms with van der Waals surface area (Å²) in [6.07, 6.45) is 0. The maximum absolute atomic E-state index is 5.34. The molecule has 0 saturated heterocycles. The Kier molecular flexibility index (Phi) is 3.88. The fourth-order valence-electron chi connectivity index (χ4n) is 1.94. The molecule has 0 radical (unpaired) electrons. The summed E-state index contributed by atoms with van der Waals surface area (Å²) in [5.41, 5.74) is 3.57. The van der Waals surface area contributed by atoms with Crippen molar-refractivity contribution in [1.29, 1.82) is 0 Å². The molecule has 1 N–H and O–H groups in total. The number of ether oxygens (including phenoxy) is 1. The summed E-state index contributed by atoms with van der Waals surface area (Å²) >= 11 is 0. The molecule has 0 amide bonds. The number of rotatable bonds is 4. The smallest absolute Gasteiger partial charge is 0.141 e. The number of methoxy groups -OCH3 is 1. The SMILES string of the molecule is COc1ccccc1NC(C)c1ccc(C)cc1. The van der Waals surface area contributed by atoms with Gasteiger partial charge in [0, 0.05) is 6.04 Å². The average molecular weight is 241 g/mol. The molecule has 1 atom stereocenters. The molecule has 18 heavy (non-hydrogen) atoms. The van der Waals surface area contributed by atoms with Gasteiger partial charge in [-0.2, -0.15) is 0 Å². The van der Waals surface area contributed by atoms with Crippen LogP contribution in [0.3, 0.4) is 0 Å². The van der Waals surface area contributed by atoms with Gasteiger partial charge in [-0.25, -0.2) is 0 Å². The Bertz CT molecular complexity index is 505. The minimum atomic E-state index is 0.252. The van der Waals surface area contributed by atoms with E-state index in [4.69, 9.17) is 4.74 Å². The van der Waals surface area contributed by atoms with E-state index in [2.05, 4.69) is 43.4 Å². The highest BCUT2D eigenvalue weighted by Crippen LogP contribution is 2.27. The molecule has 94 valence electrons. The third-order valence-electron chi connectivity index (χ3n) is 3.06. The van der Waals surface area contributed by atoms with Crippen molar-refractivity contribution in [3.8, 4) is 5.75 Å². The molecule has 0 aliphatic heterocycles. The zero-order chi connectivity index (χ0) is 13.0. The summed E-state index contributed by atoms with van der Waals surface area (Å²) in [5.74, 6) is 0.872. The number of hydrogen-bond acceptors (Lipinski definition) is 2. The summed E-state index contributed by atoms with van der Waals surface area (Å²) in [4.78, 5) is 0. The van der Waals surface area contributed by atoms with Crippen LogP contribution in [0, 0.1) is 6.92 Å². The van der Waals surface area contributed by atoms with E-state index in [1.54, 1.807) is 7.11 Å². The summed E-state index contributed by atoms with van der Waals surface area (Å²) in [5, 5.41) is 3.47. The summed E-state index contributed by atoms with van der Waals surface area (Å²) in [6, 6.07) is 16.8. The lowest BCUT2D eigenvalue weighted by Crippen LogP contribution is -2.07. The summed E-state index contributed by atoms with van der Waals surface area (Å²) in [7, 11) is 1.69. The second-order valence-electron chi connectivity index (χ2n) is 4.48. The summed E-state index contributed by atoms with van der Waals surface area (Å²) in [6.45, 7) is 4.25. The van der Waals surface area contributed by atoms with E-state index in [0.29, 0.717) is 0 Å². The fraction of sp³-hybridized carbons (Fsp3) is 0.250. The van der Waals surface area contributed by atoms with E-state index in [0.717, 1.165) is 11.4 Å². The van der Waals surface area contributed by atoms with E-state index in [-0.39, 0.29) is 6.04 Å². The lowest BCUT2D eigenvalue weighted by molar-refractivity contribution is 0.416. The molecule has 0 bridgehead atoms. The molecule has 0 aliphatic carbocycles. The van der Waals surface area contributed by atoms with Crippen LogP contribution in [-0.2, 0) is 0 Å². The Balaban J connectivity index is 2.15. The maximum Gasteiger partial charge on any atom is 0.141 e. The minimum Gasteiger partial charge on any atom is -0.495 e. The molecule has 0 fully saturated rings. The van der Waals surface area contributed by atoms with Gasteiger partial charge < -0.3 is 10.1 Å². The molecule has 0 heterocycles. The monoisotopic (exact) mass is 241 g/mol. The first kappa shape index (κ1) is 12.5. The van der Waals surface area contributed by atoms with Gasteiger partial charge in [0.05, 0.1) is 12.8 Å². The second kappa shape index (κ2) is 5.58. The highest BCUT2D eigenvalue weighted by Gasteiger charge is 2.07. The predicted octanol–water partition coefficient (Wildman–Crippen LogP) is 4.18. The molecule has 2 aromatic rings. The van der Waals surface area contributed by atoms with E-state index in [9.17, 15) is 0 Å². The third-order valence-corrected chi connectivity index (χ3v) is 3.06. The van der Waals surface area contributed by atoms with Crippen molar-refractivity contribution >= 4 is 5.69 Å². The molecule has 0 saturated carbocycles. The van der Waals surface area contributed by atoms with Crippen LogP contribution in [0.1, 0.15) is 24.1 Å². The van der Waals surface area contributed by atoms with Crippen molar-refractivity contribution in [2.75, 3.05) is 12.4 Å². The summed E-state index contributed by atoms with van der Waals surface area (Å²) < 4.78 is 5.34. The largest absolute Gasteiger partial charge is 0.495 e. The predicted molar refractivity (Wildman–Crippen MR) is 76.2 cm³/mol. The highest BCUT2D eigenvalue weighted by molar-refractivity contribution is 5.57. The van der Waals surface area contributed by atoms with Crippen LogP contribution in [0.2, 0.25) is 0 Å². The van der Waals surface area contributed by atoms with Gasteiger partial charge >= 0.3 is 0 Å². The van der Waals surface area contributed by atoms with Crippen LogP contribution < -0.4 is 10.1 Å². The van der Waals surface area contributed by atoms with E-state index >= 15 is 0 Å². The van der Waals surface area contributed by atoms with Crippen molar-refractivity contribution in [1.82, 2.24) is 0 Å². The third kappa shape index (κ3) is 2.83. The van der Waals surface area contributed by atoms with Crippen molar-refractivity contribution in [2.24, 2.45) is 0 Å². The van der Waals surface area contributed by atoms with Gasteiger partial charge in [-0.05, 0) is 31.5 Å². The van der Waals surface area contributed by atoms with Crippen LogP contribution >= 0.6 is 0 Å². The van der Waals surface area contributed by atoms with Gasteiger partial charge in [0.2, 0.25) is 0 Å². The van der Waals surface area contributed by atoms with Crippen molar-refractivity contribution in [3.05, 3.63) is 59.7 Å². The first-order chi connectivity index (χ1) is 8.70. The number of aryl methyl sites for hydroxylation is 1. The first-order valence-corrected chi connectivity index (χ1v) is 6.17. The molecule has 0 spiro atoms. The van der Waals surface area contributed by atoms with Crippen LogP contribution in [0.25, 0.3) is 0 Å². The fourth-order valence-corrected chi connectivity index (χ4v) is 1.94. The highest BCUT2D eigenvalue weighted by atomic mass is 16.5. The normalized spacial score (nSPS) is 11.9. The van der Waals surface area contributed by atoms with Crippen molar-refractivity contribution < 1.29 is 4.74 Å². The van der Waals surface area contributed by atoms with Gasteiger partial charge in [0.25, 0.3) is 0 Å². The number of anilines is 1.